The minimum atomic E-state index is -4.78. The Bertz CT molecular complexity index is 1350. The van der Waals surface area contributed by atoms with E-state index in [1.165, 1.54) is 17.0 Å². The maximum atomic E-state index is 13.7. The Morgan fingerprint density at radius 1 is 1.06 bits per heavy atom. The van der Waals surface area contributed by atoms with Crippen molar-refractivity contribution in [1.82, 2.24) is 25.2 Å². The molecule has 1 N–H and O–H groups in total. The molecule has 2 aliphatic heterocycles. The standard InChI is InChI=1S/C23H18F3N5O3/c1-12-3-2-4-14(9-12)20-19(28-29-31(20)23(24,25)26)13-5-6-16-15(10-13)11-30(22(16)34)17-7-8-18(32)27-21(17)33/h2-6,9-10,17H,7-8,11H2,1H3,(H,27,32,33). The Hall–Kier alpha value is -4.02. The van der Waals surface area contributed by atoms with Crippen LogP contribution < -0.4 is 5.32 Å². The van der Waals surface area contributed by atoms with E-state index in [2.05, 4.69) is 15.6 Å². The summed E-state index contributed by atoms with van der Waals surface area (Å²) in [5.74, 6) is -1.29. The van der Waals surface area contributed by atoms with E-state index >= 15 is 0 Å². The highest BCUT2D eigenvalue weighted by atomic mass is 19.4. The molecule has 0 spiro atoms. The normalized spacial score (nSPS) is 18.3. The first-order valence-electron chi connectivity index (χ1n) is 10.5. The smallest absolute Gasteiger partial charge is 0.322 e. The van der Waals surface area contributed by atoms with Gasteiger partial charge in [0.05, 0.1) is 0 Å². The van der Waals surface area contributed by atoms with Crippen molar-refractivity contribution in [2.24, 2.45) is 0 Å². The maximum absolute atomic E-state index is 13.7. The Morgan fingerprint density at radius 3 is 2.56 bits per heavy atom. The molecule has 5 rings (SSSR count). The van der Waals surface area contributed by atoms with Crippen molar-refractivity contribution in [3.05, 3.63) is 59.2 Å². The molecule has 2 aromatic carbocycles. The summed E-state index contributed by atoms with van der Waals surface area (Å²) < 4.78 is 41.0. The molecule has 3 heterocycles. The van der Waals surface area contributed by atoms with E-state index in [4.69, 9.17) is 0 Å². The Labute approximate surface area is 191 Å². The molecule has 3 amide bonds. The first kappa shape index (κ1) is 21.8. The first-order chi connectivity index (χ1) is 16.1. The van der Waals surface area contributed by atoms with Gasteiger partial charge in [0.2, 0.25) is 11.8 Å². The number of hydrogen-bond acceptors (Lipinski definition) is 5. The molecule has 174 valence electrons. The second kappa shape index (κ2) is 7.79. The SMILES string of the molecule is Cc1cccc(-c2c(-c3ccc4c(c3)CN(C3CCC(=O)NC3=O)C4=O)nnn2C(F)(F)F)c1. The van der Waals surface area contributed by atoms with Gasteiger partial charge < -0.3 is 4.90 Å². The van der Waals surface area contributed by atoms with Gasteiger partial charge in [0.1, 0.15) is 17.4 Å². The Morgan fingerprint density at radius 2 is 1.85 bits per heavy atom. The van der Waals surface area contributed by atoms with E-state index in [0.717, 1.165) is 5.56 Å². The van der Waals surface area contributed by atoms with Crippen molar-refractivity contribution in [2.75, 3.05) is 0 Å². The van der Waals surface area contributed by atoms with Crippen LogP contribution in [0, 0.1) is 6.92 Å². The van der Waals surface area contributed by atoms with Crippen molar-refractivity contribution in [3.8, 4) is 22.5 Å². The van der Waals surface area contributed by atoms with Gasteiger partial charge in [-0.2, -0.15) is 0 Å². The molecule has 0 aliphatic carbocycles. The van der Waals surface area contributed by atoms with Crippen molar-refractivity contribution >= 4 is 17.7 Å². The molecule has 2 aliphatic rings. The molecule has 3 aromatic rings. The number of fused-ring (bicyclic) bond motifs is 1. The second-order valence-electron chi connectivity index (χ2n) is 8.31. The van der Waals surface area contributed by atoms with Crippen molar-refractivity contribution in [2.45, 2.75) is 38.7 Å². The summed E-state index contributed by atoms with van der Waals surface area (Å²) in [5, 5.41) is 9.43. The van der Waals surface area contributed by atoms with Gasteiger partial charge in [0.25, 0.3) is 5.91 Å². The van der Waals surface area contributed by atoms with Crippen LogP contribution in [0.1, 0.15) is 34.3 Å². The Kier molecular flexibility index (Phi) is 4.99. The summed E-state index contributed by atoms with van der Waals surface area (Å²) in [6.45, 7) is 1.87. The van der Waals surface area contributed by atoms with Crippen LogP contribution in [-0.4, -0.2) is 43.7 Å². The van der Waals surface area contributed by atoms with Crippen LogP contribution in [0.2, 0.25) is 0 Å². The molecule has 1 aromatic heterocycles. The minimum absolute atomic E-state index is 0.0256. The number of alkyl halides is 3. The van der Waals surface area contributed by atoms with Crippen LogP contribution in [0.25, 0.3) is 22.5 Å². The van der Waals surface area contributed by atoms with Gasteiger partial charge in [-0.05, 0) is 37.1 Å². The van der Waals surface area contributed by atoms with Gasteiger partial charge in [-0.25, -0.2) is 0 Å². The zero-order valence-electron chi connectivity index (χ0n) is 17.9. The fraction of sp³-hybridized carbons (Fsp3) is 0.261. The molecule has 0 saturated carbocycles. The summed E-state index contributed by atoms with van der Waals surface area (Å²) in [5.41, 5.74) is 2.18. The lowest BCUT2D eigenvalue weighted by Crippen LogP contribution is -2.52. The molecule has 34 heavy (non-hydrogen) atoms. The highest BCUT2D eigenvalue weighted by Crippen LogP contribution is 2.38. The fourth-order valence-electron chi connectivity index (χ4n) is 4.43. The zero-order chi connectivity index (χ0) is 24.2. The molecule has 8 nitrogen and oxygen atoms in total. The first-order valence-corrected chi connectivity index (χ1v) is 10.5. The quantitative estimate of drug-likeness (QED) is 0.595. The summed E-state index contributed by atoms with van der Waals surface area (Å²) in [6, 6.07) is 10.5. The van der Waals surface area contributed by atoms with Crippen molar-refractivity contribution in [3.63, 3.8) is 0 Å². The number of aromatic nitrogens is 3. The third-order valence-electron chi connectivity index (χ3n) is 6.00. The molecule has 0 bridgehead atoms. The molecule has 1 fully saturated rings. The number of imide groups is 1. The number of amides is 3. The number of benzene rings is 2. The predicted molar refractivity (Wildman–Crippen MR) is 113 cm³/mol. The van der Waals surface area contributed by atoms with Crippen LogP contribution in [0.4, 0.5) is 13.2 Å². The lowest BCUT2D eigenvalue weighted by molar-refractivity contribution is -0.211. The van der Waals surface area contributed by atoms with E-state index in [-0.39, 0.29) is 47.3 Å². The van der Waals surface area contributed by atoms with Crippen LogP contribution in [-0.2, 0) is 22.4 Å². The number of nitrogens with zero attached hydrogens (tertiary/aromatic N) is 4. The van der Waals surface area contributed by atoms with Crippen LogP contribution >= 0.6 is 0 Å². The van der Waals surface area contributed by atoms with Gasteiger partial charge in [0.15, 0.2) is 0 Å². The molecular formula is C23H18F3N5O3. The largest absolute Gasteiger partial charge is 0.506 e. The summed E-state index contributed by atoms with van der Waals surface area (Å²) >= 11 is 0. The van der Waals surface area contributed by atoms with Crippen LogP contribution in [0.15, 0.2) is 42.5 Å². The van der Waals surface area contributed by atoms with Gasteiger partial charge in [-0.1, -0.05) is 35.0 Å². The van der Waals surface area contributed by atoms with Crippen molar-refractivity contribution in [1.29, 1.82) is 0 Å². The molecule has 11 heteroatoms. The van der Waals surface area contributed by atoms with Crippen molar-refractivity contribution < 1.29 is 27.6 Å². The van der Waals surface area contributed by atoms with E-state index in [1.807, 2.05) is 0 Å². The average Bonchev–Trinajstić information content (AvgIpc) is 3.36. The number of carbonyl (C=O) groups excluding carboxylic acids is 3. The number of aryl methyl sites for hydroxylation is 1. The summed E-state index contributed by atoms with van der Waals surface area (Å²) in [6.07, 6.45) is -4.43. The zero-order valence-corrected chi connectivity index (χ0v) is 17.9. The maximum Gasteiger partial charge on any atom is 0.506 e. The number of hydrogen-bond donors (Lipinski definition) is 1. The molecule has 1 atom stereocenters. The third kappa shape index (κ3) is 3.62. The van der Waals surface area contributed by atoms with Gasteiger partial charge in [-0.15, -0.1) is 23.0 Å². The topological polar surface area (TPSA) is 97.2 Å². The van der Waals surface area contributed by atoms with Gasteiger partial charge >= 0.3 is 6.30 Å². The van der Waals surface area contributed by atoms with E-state index in [0.29, 0.717) is 22.3 Å². The number of carbonyl (C=O) groups is 3. The molecular weight excluding hydrogens is 451 g/mol. The number of nitrogens with one attached hydrogen (secondary N) is 1. The lowest BCUT2D eigenvalue weighted by Gasteiger charge is -2.29. The average molecular weight is 469 g/mol. The highest BCUT2D eigenvalue weighted by molar-refractivity contribution is 6.05. The molecule has 0 radical (unpaired) electrons. The van der Waals surface area contributed by atoms with E-state index in [1.54, 1.807) is 37.3 Å². The molecule has 1 saturated heterocycles. The summed E-state index contributed by atoms with van der Waals surface area (Å²) in [7, 11) is 0. The lowest BCUT2D eigenvalue weighted by atomic mass is 10.00. The molecule has 1 unspecified atom stereocenters. The number of rotatable bonds is 3. The van der Waals surface area contributed by atoms with Crippen LogP contribution in [0.3, 0.4) is 0 Å². The minimum Gasteiger partial charge on any atom is -0.322 e. The van der Waals surface area contributed by atoms with Crippen LogP contribution in [0.5, 0.6) is 0 Å². The predicted octanol–water partition coefficient (Wildman–Crippen LogP) is 3.16. The number of halogens is 3. The van der Waals surface area contributed by atoms with Gasteiger partial charge in [-0.3, -0.25) is 19.7 Å². The third-order valence-corrected chi connectivity index (χ3v) is 6.00. The van der Waals surface area contributed by atoms with E-state index < -0.39 is 18.2 Å². The fourth-order valence-corrected chi connectivity index (χ4v) is 4.43. The summed E-state index contributed by atoms with van der Waals surface area (Å²) in [4.78, 5) is 38.0. The Balaban J connectivity index is 1.55. The highest BCUT2D eigenvalue weighted by Gasteiger charge is 2.40. The monoisotopic (exact) mass is 469 g/mol. The van der Waals surface area contributed by atoms with E-state index in [9.17, 15) is 27.6 Å². The second-order valence-corrected chi connectivity index (χ2v) is 8.31. The number of piperidine rings is 1. The van der Waals surface area contributed by atoms with Gasteiger partial charge in [0, 0.05) is 29.7 Å².